The molecule has 0 fully saturated rings. The van der Waals surface area contributed by atoms with Crippen molar-refractivity contribution >= 4 is 23.0 Å². The Labute approximate surface area is 150 Å². The van der Waals surface area contributed by atoms with E-state index in [1.807, 2.05) is 24.3 Å². The van der Waals surface area contributed by atoms with Crippen LogP contribution in [-0.4, -0.2) is 18.8 Å². The molecule has 24 heavy (non-hydrogen) atoms. The highest BCUT2D eigenvalue weighted by Crippen LogP contribution is 2.16. The van der Waals surface area contributed by atoms with E-state index in [0.29, 0.717) is 11.0 Å². The van der Waals surface area contributed by atoms with E-state index in [4.69, 9.17) is 17.0 Å². The minimum absolute atomic E-state index is 0.585. The Morgan fingerprint density at radius 2 is 1.71 bits per heavy atom. The third-order valence-electron chi connectivity index (χ3n) is 3.92. The molecular weight excluding hydrogens is 316 g/mol. The van der Waals surface area contributed by atoms with Crippen molar-refractivity contribution in [1.82, 2.24) is 5.32 Å². The van der Waals surface area contributed by atoms with Gasteiger partial charge in [-0.25, -0.2) is 0 Å². The summed E-state index contributed by atoms with van der Waals surface area (Å²) in [6.07, 6.45) is 2.10. The Morgan fingerprint density at radius 1 is 1.04 bits per heavy atom. The van der Waals surface area contributed by atoms with E-state index in [9.17, 15) is 0 Å². The number of thiocarbonyl (C=S) groups is 1. The average Bonchev–Trinajstić information content (AvgIpc) is 2.60. The summed E-state index contributed by atoms with van der Waals surface area (Å²) in [7, 11) is 1.66. The maximum absolute atomic E-state index is 5.32. The van der Waals surface area contributed by atoms with Crippen LogP contribution < -0.4 is 15.4 Å². The van der Waals surface area contributed by atoms with E-state index in [-0.39, 0.29) is 0 Å². The second-order valence-corrected chi connectivity index (χ2v) is 6.52. The van der Waals surface area contributed by atoms with Gasteiger partial charge in [-0.3, -0.25) is 0 Å². The van der Waals surface area contributed by atoms with Crippen LogP contribution in [0.5, 0.6) is 5.75 Å². The lowest BCUT2D eigenvalue weighted by Gasteiger charge is -2.11. The molecule has 3 nitrogen and oxygen atoms in total. The smallest absolute Gasteiger partial charge is 0.170 e. The first kappa shape index (κ1) is 18.3. The number of ether oxygens (including phenoxy) is 1. The van der Waals surface area contributed by atoms with E-state index in [1.54, 1.807) is 7.11 Å². The Kier molecular flexibility index (Phi) is 7.07. The maximum atomic E-state index is 5.32. The topological polar surface area (TPSA) is 33.3 Å². The first-order valence-corrected chi connectivity index (χ1v) is 8.77. The number of nitrogens with one attached hydrogen (secondary N) is 2. The lowest BCUT2D eigenvalue weighted by atomic mass is 10.0. The molecule has 0 aliphatic carbocycles. The fourth-order valence-electron chi connectivity index (χ4n) is 2.41. The number of methoxy groups -OCH3 is 1. The molecule has 128 valence electrons. The molecular formula is C20H26N2OS. The van der Waals surface area contributed by atoms with Crippen molar-refractivity contribution in [1.29, 1.82) is 0 Å². The second-order valence-electron chi connectivity index (χ2n) is 6.11. The summed E-state index contributed by atoms with van der Waals surface area (Å²) in [6.45, 7) is 5.29. The van der Waals surface area contributed by atoms with Gasteiger partial charge in [0.15, 0.2) is 5.11 Å². The number of hydrogen-bond donors (Lipinski definition) is 2. The van der Waals surface area contributed by atoms with Crippen molar-refractivity contribution in [2.45, 2.75) is 32.6 Å². The SMILES string of the molecule is COc1ccc(NC(=S)NCCCc2ccc(C(C)C)cc2)cc1. The molecule has 4 heteroatoms. The van der Waals surface area contributed by atoms with Gasteiger partial charge in [0, 0.05) is 12.2 Å². The van der Waals surface area contributed by atoms with Crippen molar-refractivity contribution < 1.29 is 4.74 Å². The van der Waals surface area contributed by atoms with E-state index < -0.39 is 0 Å². The number of hydrogen-bond acceptors (Lipinski definition) is 2. The summed E-state index contributed by atoms with van der Waals surface area (Å²) in [5.74, 6) is 1.42. The quantitative estimate of drug-likeness (QED) is 0.562. The summed E-state index contributed by atoms with van der Waals surface area (Å²) >= 11 is 5.32. The fraction of sp³-hybridized carbons (Fsp3) is 0.350. The molecule has 0 spiro atoms. The van der Waals surface area contributed by atoms with Gasteiger partial charge in [0.05, 0.1) is 7.11 Å². The van der Waals surface area contributed by atoms with E-state index >= 15 is 0 Å². The standard InChI is InChI=1S/C20H26N2OS/c1-15(2)17-8-6-16(7-9-17)5-4-14-21-20(24)22-18-10-12-19(23-3)13-11-18/h6-13,15H,4-5,14H2,1-3H3,(H2,21,22,24). The lowest BCUT2D eigenvalue weighted by Crippen LogP contribution is -2.29. The van der Waals surface area contributed by atoms with Crippen LogP contribution in [0.15, 0.2) is 48.5 Å². The zero-order chi connectivity index (χ0) is 17.4. The summed E-state index contributed by atoms with van der Waals surface area (Å²) in [6, 6.07) is 16.6. The molecule has 0 bridgehead atoms. The number of anilines is 1. The Bertz CT molecular complexity index is 636. The van der Waals surface area contributed by atoms with Crippen molar-refractivity contribution in [2.75, 3.05) is 19.0 Å². The molecule has 0 heterocycles. The van der Waals surface area contributed by atoms with Crippen LogP contribution in [0.3, 0.4) is 0 Å². The van der Waals surface area contributed by atoms with Crippen molar-refractivity contribution in [3.63, 3.8) is 0 Å². The van der Waals surface area contributed by atoms with Crippen LogP contribution in [-0.2, 0) is 6.42 Å². The minimum atomic E-state index is 0.585. The van der Waals surface area contributed by atoms with Gasteiger partial charge in [0.25, 0.3) is 0 Å². The molecule has 2 aromatic rings. The molecule has 0 aliphatic heterocycles. The predicted octanol–water partition coefficient (Wildman–Crippen LogP) is 4.74. The van der Waals surface area contributed by atoms with Gasteiger partial charge >= 0.3 is 0 Å². The lowest BCUT2D eigenvalue weighted by molar-refractivity contribution is 0.415. The molecule has 0 amide bonds. The number of aryl methyl sites for hydroxylation is 1. The molecule has 0 unspecified atom stereocenters. The maximum Gasteiger partial charge on any atom is 0.170 e. The highest BCUT2D eigenvalue weighted by atomic mass is 32.1. The van der Waals surface area contributed by atoms with Crippen LogP contribution in [0.2, 0.25) is 0 Å². The molecule has 0 atom stereocenters. The first-order chi connectivity index (χ1) is 11.6. The van der Waals surface area contributed by atoms with Crippen LogP contribution in [0.1, 0.15) is 37.3 Å². The molecule has 2 rings (SSSR count). The number of rotatable bonds is 7. The predicted molar refractivity (Wildman–Crippen MR) is 106 cm³/mol. The summed E-state index contributed by atoms with van der Waals surface area (Å²) in [5.41, 5.74) is 3.72. The summed E-state index contributed by atoms with van der Waals surface area (Å²) in [5, 5.41) is 7.07. The molecule has 2 aromatic carbocycles. The second kappa shape index (κ2) is 9.28. The molecule has 0 saturated heterocycles. The summed E-state index contributed by atoms with van der Waals surface area (Å²) in [4.78, 5) is 0. The largest absolute Gasteiger partial charge is 0.497 e. The van der Waals surface area contributed by atoms with Crippen LogP contribution in [0, 0.1) is 0 Å². The van der Waals surface area contributed by atoms with Gasteiger partial charge in [-0.2, -0.15) is 0 Å². The highest BCUT2D eigenvalue weighted by Gasteiger charge is 2.00. The Hall–Kier alpha value is -2.07. The fourth-order valence-corrected chi connectivity index (χ4v) is 2.63. The zero-order valence-electron chi connectivity index (χ0n) is 14.6. The highest BCUT2D eigenvalue weighted by molar-refractivity contribution is 7.80. The van der Waals surface area contributed by atoms with Gasteiger partial charge in [-0.05, 0) is 66.4 Å². The minimum Gasteiger partial charge on any atom is -0.497 e. The molecule has 0 aliphatic rings. The van der Waals surface area contributed by atoms with Crippen molar-refractivity contribution in [3.05, 3.63) is 59.7 Å². The normalized spacial score (nSPS) is 10.5. The van der Waals surface area contributed by atoms with E-state index in [0.717, 1.165) is 30.8 Å². The van der Waals surface area contributed by atoms with Crippen LogP contribution in [0.25, 0.3) is 0 Å². The van der Waals surface area contributed by atoms with E-state index in [1.165, 1.54) is 11.1 Å². The van der Waals surface area contributed by atoms with Crippen LogP contribution >= 0.6 is 12.2 Å². The van der Waals surface area contributed by atoms with Gasteiger partial charge < -0.3 is 15.4 Å². The van der Waals surface area contributed by atoms with Gasteiger partial charge in [0.1, 0.15) is 5.75 Å². The van der Waals surface area contributed by atoms with Gasteiger partial charge in [-0.1, -0.05) is 38.1 Å². The summed E-state index contributed by atoms with van der Waals surface area (Å²) < 4.78 is 5.14. The van der Waals surface area contributed by atoms with Crippen molar-refractivity contribution in [2.24, 2.45) is 0 Å². The molecule has 0 aromatic heterocycles. The monoisotopic (exact) mass is 342 g/mol. The van der Waals surface area contributed by atoms with Gasteiger partial charge in [-0.15, -0.1) is 0 Å². The van der Waals surface area contributed by atoms with E-state index in [2.05, 4.69) is 48.7 Å². The molecule has 2 N–H and O–H groups in total. The third-order valence-corrected chi connectivity index (χ3v) is 4.17. The van der Waals surface area contributed by atoms with Crippen LogP contribution in [0.4, 0.5) is 5.69 Å². The van der Waals surface area contributed by atoms with Crippen molar-refractivity contribution in [3.8, 4) is 5.75 Å². The third kappa shape index (κ3) is 5.85. The Balaban J connectivity index is 1.68. The number of benzene rings is 2. The zero-order valence-corrected chi connectivity index (χ0v) is 15.5. The first-order valence-electron chi connectivity index (χ1n) is 8.36. The molecule has 0 saturated carbocycles. The van der Waals surface area contributed by atoms with Gasteiger partial charge in [0.2, 0.25) is 0 Å². The Morgan fingerprint density at radius 3 is 2.29 bits per heavy atom. The molecule has 0 radical (unpaired) electrons. The average molecular weight is 343 g/mol.